The normalized spacial score (nSPS) is 20.4. The largest absolute Gasteiger partial charge is 0.492 e. The molecule has 1 atom stereocenters. The van der Waals surface area contributed by atoms with Gasteiger partial charge in [0.2, 0.25) is 0 Å². The van der Waals surface area contributed by atoms with Crippen LogP contribution in [0.5, 0.6) is 5.75 Å². The van der Waals surface area contributed by atoms with Crippen molar-refractivity contribution < 1.29 is 9.13 Å². The molecule has 0 bridgehead atoms. The minimum absolute atomic E-state index is 0.225. The van der Waals surface area contributed by atoms with E-state index in [9.17, 15) is 4.39 Å². The lowest BCUT2D eigenvalue weighted by atomic mass is 10.0. The Labute approximate surface area is 114 Å². The van der Waals surface area contributed by atoms with Gasteiger partial charge in [0.1, 0.15) is 18.2 Å². The van der Waals surface area contributed by atoms with Gasteiger partial charge in [-0.2, -0.15) is 0 Å². The molecule has 4 heteroatoms. The van der Waals surface area contributed by atoms with Crippen LogP contribution in [-0.2, 0) is 0 Å². The number of hydrogen-bond acceptors (Lipinski definition) is 3. The van der Waals surface area contributed by atoms with Gasteiger partial charge in [-0.15, -0.1) is 0 Å². The zero-order valence-electron chi connectivity index (χ0n) is 11.6. The van der Waals surface area contributed by atoms with Gasteiger partial charge in [0.15, 0.2) is 0 Å². The molecule has 0 radical (unpaired) electrons. The smallest absolute Gasteiger partial charge is 0.123 e. The Balaban J connectivity index is 1.75. The zero-order valence-corrected chi connectivity index (χ0v) is 11.6. The number of nitrogens with zero attached hydrogens (tertiary/aromatic N) is 1. The number of ether oxygens (including phenoxy) is 1. The van der Waals surface area contributed by atoms with E-state index in [2.05, 4.69) is 10.2 Å². The number of benzene rings is 1. The summed E-state index contributed by atoms with van der Waals surface area (Å²) in [6, 6.07) is 6.84. The van der Waals surface area contributed by atoms with Crippen molar-refractivity contribution in [1.82, 2.24) is 10.2 Å². The van der Waals surface area contributed by atoms with Crippen LogP contribution in [0.4, 0.5) is 4.39 Å². The fourth-order valence-corrected chi connectivity index (χ4v) is 2.63. The maximum Gasteiger partial charge on any atom is 0.123 e. The van der Waals surface area contributed by atoms with Crippen molar-refractivity contribution in [2.75, 3.05) is 33.3 Å². The fourth-order valence-electron chi connectivity index (χ4n) is 2.63. The molecule has 0 amide bonds. The Morgan fingerprint density at radius 2 is 2.11 bits per heavy atom. The fraction of sp³-hybridized carbons (Fsp3) is 0.600. The molecule has 106 valence electrons. The Kier molecular flexibility index (Phi) is 5.61. The van der Waals surface area contributed by atoms with Gasteiger partial charge in [-0.1, -0.05) is 6.42 Å². The first-order chi connectivity index (χ1) is 9.29. The van der Waals surface area contributed by atoms with Crippen LogP contribution < -0.4 is 10.1 Å². The summed E-state index contributed by atoms with van der Waals surface area (Å²) in [7, 11) is 2.00. The van der Waals surface area contributed by atoms with Crippen LogP contribution in [0.1, 0.15) is 19.3 Å². The van der Waals surface area contributed by atoms with Crippen LogP contribution in [0.2, 0.25) is 0 Å². The number of piperidine rings is 1. The van der Waals surface area contributed by atoms with E-state index in [-0.39, 0.29) is 5.82 Å². The highest BCUT2D eigenvalue weighted by Crippen LogP contribution is 2.16. The van der Waals surface area contributed by atoms with E-state index in [1.807, 2.05) is 7.05 Å². The Morgan fingerprint density at radius 3 is 2.84 bits per heavy atom. The molecular weight excluding hydrogens is 243 g/mol. The van der Waals surface area contributed by atoms with E-state index in [0.717, 1.165) is 25.4 Å². The third kappa shape index (κ3) is 4.48. The maximum atomic E-state index is 12.8. The van der Waals surface area contributed by atoms with E-state index >= 15 is 0 Å². The number of likely N-dealkylation sites (N-methyl/N-ethyl adjacent to an activating group) is 1. The molecule has 3 nitrogen and oxygen atoms in total. The van der Waals surface area contributed by atoms with Crippen molar-refractivity contribution in [2.24, 2.45) is 0 Å². The molecule has 0 aromatic heterocycles. The topological polar surface area (TPSA) is 24.5 Å². The molecule has 1 N–H and O–H groups in total. The molecule has 1 aromatic carbocycles. The molecule has 1 aliphatic rings. The molecule has 1 aromatic rings. The lowest BCUT2D eigenvalue weighted by Crippen LogP contribution is -2.46. The minimum Gasteiger partial charge on any atom is -0.492 e. The molecular formula is C15H23FN2O. The summed E-state index contributed by atoms with van der Waals surface area (Å²) in [6.07, 6.45) is 3.86. The van der Waals surface area contributed by atoms with Crippen molar-refractivity contribution in [1.29, 1.82) is 0 Å². The van der Waals surface area contributed by atoms with E-state index in [1.54, 1.807) is 12.1 Å². The predicted octanol–water partition coefficient (Wildman–Crippen LogP) is 2.28. The van der Waals surface area contributed by atoms with Gasteiger partial charge in [0.25, 0.3) is 0 Å². The molecule has 1 saturated heterocycles. The van der Waals surface area contributed by atoms with Crippen LogP contribution in [0, 0.1) is 5.82 Å². The average Bonchev–Trinajstić information content (AvgIpc) is 2.43. The Morgan fingerprint density at radius 1 is 1.32 bits per heavy atom. The first kappa shape index (κ1) is 14.3. The molecule has 1 fully saturated rings. The Hall–Kier alpha value is -1.13. The van der Waals surface area contributed by atoms with Crippen LogP contribution in [0.25, 0.3) is 0 Å². The molecule has 2 rings (SSSR count). The van der Waals surface area contributed by atoms with E-state index in [4.69, 9.17) is 4.74 Å². The molecule has 0 spiro atoms. The maximum absolute atomic E-state index is 12.8. The third-order valence-corrected chi connectivity index (χ3v) is 3.65. The summed E-state index contributed by atoms with van der Waals surface area (Å²) in [5.74, 6) is 0.515. The molecule has 1 unspecified atom stereocenters. The highest BCUT2D eigenvalue weighted by Gasteiger charge is 2.21. The summed E-state index contributed by atoms with van der Waals surface area (Å²) >= 11 is 0. The third-order valence-electron chi connectivity index (χ3n) is 3.65. The second-order valence-corrected chi connectivity index (χ2v) is 5.05. The van der Waals surface area contributed by atoms with Crippen LogP contribution in [0.3, 0.4) is 0 Å². The van der Waals surface area contributed by atoms with Crippen molar-refractivity contribution >= 4 is 0 Å². The van der Waals surface area contributed by atoms with Gasteiger partial charge in [-0.25, -0.2) is 4.39 Å². The summed E-state index contributed by atoms with van der Waals surface area (Å²) < 4.78 is 18.4. The van der Waals surface area contributed by atoms with Crippen molar-refractivity contribution in [3.05, 3.63) is 30.1 Å². The van der Waals surface area contributed by atoms with Crippen LogP contribution >= 0.6 is 0 Å². The second kappa shape index (κ2) is 7.46. The van der Waals surface area contributed by atoms with Crippen molar-refractivity contribution in [3.8, 4) is 5.75 Å². The van der Waals surface area contributed by atoms with Gasteiger partial charge in [0, 0.05) is 19.1 Å². The van der Waals surface area contributed by atoms with Gasteiger partial charge >= 0.3 is 0 Å². The molecule has 1 aliphatic heterocycles. The Bertz CT molecular complexity index is 367. The summed E-state index contributed by atoms with van der Waals surface area (Å²) in [4.78, 5) is 2.49. The summed E-state index contributed by atoms with van der Waals surface area (Å²) in [5.41, 5.74) is 0. The predicted molar refractivity (Wildman–Crippen MR) is 75.0 cm³/mol. The van der Waals surface area contributed by atoms with Gasteiger partial charge < -0.3 is 10.1 Å². The number of rotatable bonds is 6. The lowest BCUT2D eigenvalue weighted by molar-refractivity contribution is 0.123. The molecule has 0 saturated carbocycles. The quantitative estimate of drug-likeness (QED) is 0.855. The van der Waals surface area contributed by atoms with Crippen molar-refractivity contribution in [2.45, 2.75) is 25.3 Å². The summed E-state index contributed by atoms with van der Waals surface area (Å²) in [6.45, 7) is 3.78. The molecule has 19 heavy (non-hydrogen) atoms. The minimum atomic E-state index is -0.225. The monoisotopic (exact) mass is 266 g/mol. The average molecular weight is 266 g/mol. The first-order valence-corrected chi connectivity index (χ1v) is 7.06. The van der Waals surface area contributed by atoms with Gasteiger partial charge in [0.05, 0.1) is 0 Å². The first-order valence-electron chi connectivity index (χ1n) is 7.06. The molecule has 1 heterocycles. The number of nitrogens with one attached hydrogen (secondary N) is 1. The van der Waals surface area contributed by atoms with E-state index in [0.29, 0.717) is 12.6 Å². The van der Waals surface area contributed by atoms with E-state index < -0.39 is 0 Å². The van der Waals surface area contributed by atoms with Crippen LogP contribution in [-0.4, -0.2) is 44.2 Å². The standard InChI is InChI=1S/C15H23FN2O/c1-17-12-14-4-2-3-9-18(14)10-11-19-15-7-5-13(16)6-8-15/h5-8,14,17H,2-4,9-12H2,1H3. The second-order valence-electron chi connectivity index (χ2n) is 5.05. The number of halogens is 1. The van der Waals surface area contributed by atoms with Crippen molar-refractivity contribution in [3.63, 3.8) is 0 Å². The van der Waals surface area contributed by atoms with Crippen LogP contribution in [0.15, 0.2) is 24.3 Å². The lowest BCUT2D eigenvalue weighted by Gasteiger charge is -2.35. The highest BCUT2D eigenvalue weighted by atomic mass is 19.1. The number of hydrogen-bond donors (Lipinski definition) is 1. The zero-order chi connectivity index (χ0) is 13.5. The highest BCUT2D eigenvalue weighted by molar-refractivity contribution is 5.21. The molecule has 0 aliphatic carbocycles. The summed E-state index contributed by atoms with van der Waals surface area (Å²) in [5, 5.41) is 3.26. The van der Waals surface area contributed by atoms with Gasteiger partial charge in [-0.3, -0.25) is 4.90 Å². The number of likely N-dealkylation sites (tertiary alicyclic amines) is 1. The SMILES string of the molecule is CNCC1CCCCN1CCOc1ccc(F)cc1. The van der Waals surface area contributed by atoms with Gasteiger partial charge in [-0.05, 0) is 50.7 Å². The van der Waals surface area contributed by atoms with E-state index in [1.165, 1.54) is 31.4 Å².